The van der Waals surface area contributed by atoms with Crippen LogP contribution in [-0.4, -0.2) is 30.6 Å². The summed E-state index contributed by atoms with van der Waals surface area (Å²) in [7, 11) is 1.91. The van der Waals surface area contributed by atoms with Crippen molar-refractivity contribution in [3.05, 3.63) is 34.9 Å². The minimum absolute atomic E-state index is 0.383. The Morgan fingerprint density at radius 2 is 2.00 bits per heavy atom. The van der Waals surface area contributed by atoms with E-state index < -0.39 is 0 Å². The van der Waals surface area contributed by atoms with Gasteiger partial charge in [0.2, 0.25) is 0 Å². The maximum atomic E-state index is 11.2. The second-order valence-corrected chi connectivity index (χ2v) is 5.72. The topological polar surface area (TPSA) is 44.7 Å². The van der Waals surface area contributed by atoms with Crippen LogP contribution in [0.1, 0.15) is 42.9 Å². The Kier molecular flexibility index (Phi) is 5.36. The highest BCUT2D eigenvalue weighted by molar-refractivity contribution is 5.86. The van der Waals surface area contributed by atoms with Crippen LogP contribution < -0.4 is 5.32 Å². The molecule has 22 heavy (non-hydrogen) atoms. The SMILES string of the molecule is C/C=N\N(/C(=C/C=O)c1cc(C)c(C)cc1NC)C1CCC1. The highest BCUT2D eigenvalue weighted by Crippen LogP contribution is 2.35. The maximum absolute atomic E-state index is 11.2. The average molecular weight is 299 g/mol. The summed E-state index contributed by atoms with van der Waals surface area (Å²) in [6.45, 7) is 6.09. The van der Waals surface area contributed by atoms with Crippen molar-refractivity contribution in [3.8, 4) is 0 Å². The summed E-state index contributed by atoms with van der Waals surface area (Å²) in [6, 6.07) is 4.64. The van der Waals surface area contributed by atoms with Crippen LogP contribution in [-0.2, 0) is 4.79 Å². The Balaban J connectivity index is 2.53. The quantitative estimate of drug-likeness (QED) is 0.376. The number of anilines is 1. The molecule has 1 aliphatic rings. The molecule has 1 aliphatic carbocycles. The van der Waals surface area contributed by atoms with Gasteiger partial charge in [-0.15, -0.1) is 0 Å². The van der Waals surface area contributed by atoms with Crippen molar-refractivity contribution in [2.75, 3.05) is 12.4 Å². The third-order valence-corrected chi connectivity index (χ3v) is 4.31. The predicted octanol–water partition coefficient (Wildman–Crippen LogP) is 3.75. The molecule has 0 radical (unpaired) electrons. The Morgan fingerprint density at radius 1 is 1.32 bits per heavy atom. The summed E-state index contributed by atoms with van der Waals surface area (Å²) in [5, 5.41) is 9.76. The van der Waals surface area contributed by atoms with Crippen LogP contribution in [0.3, 0.4) is 0 Å². The molecular formula is C18H25N3O. The summed E-state index contributed by atoms with van der Waals surface area (Å²) < 4.78 is 0. The van der Waals surface area contributed by atoms with Crippen LogP contribution >= 0.6 is 0 Å². The third kappa shape index (κ3) is 3.21. The average Bonchev–Trinajstić information content (AvgIpc) is 2.45. The number of hydrogen-bond donors (Lipinski definition) is 1. The van der Waals surface area contributed by atoms with E-state index >= 15 is 0 Å². The lowest BCUT2D eigenvalue weighted by Crippen LogP contribution is -2.35. The number of aryl methyl sites for hydroxylation is 2. The van der Waals surface area contributed by atoms with Gasteiger partial charge >= 0.3 is 0 Å². The van der Waals surface area contributed by atoms with Crippen molar-refractivity contribution in [2.45, 2.75) is 46.1 Å². The summed E-state index contributed by atoms with van der Waals surface area (Å²) in [6.07, 6.45) is 7.72. The van der Waals surface area contributed by atoms with E-state index in [1.165, 1.54) is 17.5 Å². The Hall–Kier alpha value is -2.10. The van der Waals surface area contributed by atoms with E-state index in [0.717, 1.165) is 36.1 Å². The van der Waals surface area contributed by atoms with Crippen LogP contribution in [0.4, 0.5) is 5.69 Å². The van der Waals surface area contributed by atoms with E-state index in [0.29, 0.717) is 6.04 Å². The zero-order valence-electron chi connectivity index (χ0n) is 13.9. The van der Waals surface area contributed by atoms with Gasteiger partial charge in [0.05, 0.1) is 11.7 Å². The molecule has 0 bridgehead atoms. The van der Waals surface area contributed by atoms with Crippen molar-refractivity contribution in [2.24, 2.45) is 5.10 Å². The molecule has 0 aliphatic heterocycles. The van der Waals surface area contributed by atoms with Gasteiger partial charge in [-0.2, -0.15) is 5.10 Å². The summed E-state index contributed by atoms with van der Waals surface area (Å²) >= 11 is 0. The first-order valence-corrected chi connectivity index (χ1v) is 7.85. The number of allylic oxidation sites excluding steroid dienone is 1. The number of nitrogens with zero attached hydrogens (tertiary/aromatic N) is 2. The van der Waals surface area contributed by atoms with Gasteiger partial charge in [0.15, 0.2) is 0 Å². The molecule has 1 N–H and O–H groups in total. The minimum atomic E-state index is 0.383. The standard InChI is InChI=1S/C18H25N3O/c1-5-20-21(15-7-6-8-15)18(9-10-22)16-11-13(2)14(3)12-17(16)19-4/h5,9-12,15,19H,6-8H2,1-4H3/b18-9+,20-5-. The van der Waals surface area contributed by atoms with Crippen LogP contribution in [0.2, 0.25) is 0 Å². The molecular weight excluding hydrogens is 274 g/mol. The van der Waals surface area contributed by atoms with Gasteiger partial charge in [-0.3, -0.25) is 9.80 Å². The van der Waals surface area contributed by atoms with Gasteiger partial charge < -0.3 is 5.32 Å². The molecule has 0 amide bonds. The molecule has 0 aromatic heterocycles. The van der Waals surface area contributed by atoms with Crippen LogP contribution in [0.5, 0.6) is 0 Å². The first-order chi connectivity index (χ1) is 10.6. The summed E-state index contributed by atoms with van der Waals surface area (Å²) in [4.78, 5) is 11.2. The number of hydrogen-bond acceptors (Lipinski definition) is 4. The van der Waals surface area contributed by atoms with E-state index in [1.807, 2.05) is 19.0 Å². The molecule has 0 spiro atoms. The Morgan fingerprint density at radius 3 is 2.50 bits per heavy atom. The molecule has 4 heteroatoms. The molecule has 118 valence electrons. The van der Waals surface area contributed by atoms with E-state index in [1.54, 1.807) is 12.3 Å². The lowest BCUT2D eigenvalue weighted by atomic mass is 9.91. The highest BCUT2D eigenvalue weighted by Gasteiger charge is 2.28. The Labute approximate surface area is 132 Å². The van der Waals surface area contributed by atoms with Crippen molar-refractivity contribution >= 4 is 23.9 Å². The zero-order valence-corrected chi connectivity index (χ0v) is 13.9. The molecule has 4 nitrogen and oxygen atoms in total. The predicted molar refractivity (Wildman–Crippen MR) is 93.1 cm³/mol. The lowest BCUT2D eigenvalue weighted by Gasteiger charge is -2.37. The van der Waals surface area contributed by atoms with Crippen molar-refractivity contribution < 1.29 is 4.79 Å². The Bertz CT molecular complexity index is 601. The third-order valence-electron chi connectivity index (χ3n) is 4.31. The molecule has 0 atom stereocenters. The number of aldehydes is 1. The van der Waals surface area contributed by atoms with E-state index in [2.05, 4.69) is 36.4 Å². The first-order valence-electron chi connectivity index (χ1n) is 7.85. The second-order valence-electron chi connectivity index (χ2n) is 5.72. The van der Waals surface area contributed by atoms with E-state index in [-0.39, 0.29) is 0 Å². The number of carbonyl (C=O) groups excluding carboxylic acids is 1. The zero-order chi connectivity index (χ0) is 16.1. The fraction of sp³-hybridized carbons (Fsp3) is 0.444. The second kappa shape index (κ2) is 7.25. The monoisotopic (exact) mass is 299 g/mol. The molecule has 1 aromatic rings. The summed E-state index contributed by atoms with van der Waals surface area (Å²) in [5.41, 5.74) is 5.35. The number of carbonyl (C=O) groups is 1. The van der Waals surface area contributed by atoms with Gasteiger partial charge in [0, 0.05) is 30.6 Å². The smallest absolute Gasteiger partial charge is 0.144 e. The molecule has 2 rings (SSSR count). The minimum Gasteiger partial charge on any atom is -0.388 e. The van der Waals surface area contributed by atoms with Crippen LogP contribution in [0.15, 0.2) is 23.3 Å². The van der Waals surface area contributed by atoms with Gasteiger partial charge in [-0.1, -0.05) is 0 Å². The number of benzene rings is 1. The number of nitrogens with one attached hydrogen (secondary N) is 1. The number of hydrazone groups is 1. The molecule has 1 saturated carbocycles. The van der Waals surface area contributed by atoms with Gasteiger partial charge in [0.1, 0.15) is 6.29 Å². The fourth-order valence-electron chi connectivity index (χ4n) is 2.70. The molecule has 0 unspecified atom stereocenters. The molecule has 1 aromatic carbocycles. The van der Waals surface area contributed by atoms with Crippen LogP contribution in [0.25, 0.3) is 5.70 Å². The largest absolute Gasteiger partial charge is 0.388 e. The van der Waals surface area contributed by atoms with Crippen molar-refractivity contribution in [1.29, 1.82) is 0 Å². The maximum Gasteiger partial charge on any atom is 0.144 e. The van der Waals surface area contributed by atoms with Gasteiger partial charge in [-0.25, -0.2) is 0 Å². The molecule has 0 heterocycles. The van der Waals surface area contributed by atoms with Crippen LogP contribution in [0, 0.1) is 13.8 Å². The lowest BCUT2D eigenvalue weighted by molar-refractivity contribution is -0.104. The highest BCUT2D eigenvalue weighted by atomic mass is 16.1. The number of rotatable bonds is 6. The van der Waals surface area contributed by atoms with Crippen molar-refractivity contribution in [1.82, 2.24) is 5.01 Å². The molecule has 1 fully saturated rings. The van der Waals surface area contributed by atoms with Gasteiger partial charge in [-0.05, 0) is 63.3 Å². The molecule has 0 saturated heterocycles. The fourth-order valence-corrected chi connectivity index (χ4v) is 2.70. The van der Waals surface area contributed by atoms with E-state index in [4.69, 9.17) is 0 Å². The first kappa shape index (κ1) is 16.3. The normalized spacial score (nSPS) is 15.7. The van der Waals surface area contributed by atoms with Crippen molar-refractivity contribution in [3.63, 3.8) is 0 Å². The van der Waals surface area contributed by atoms with E-state index in [9.17, 15) is 4.79 Å². The summed E-state index contributed by atoms with van der Waals surface area (Å²) in [5.74, 6) is 0. The van der Waals surface area contributed by atoms with Gasteiger partial charge in [0.25, 0.3) is 0 Å².